The van der Waals surface area contributed by atoms with Crippen LogP contribution in [0.3, 0.4) is 0 Å². The van der Waals surface area contributed by atoms with Crippen LogP contribution in [0.1, 0.15) is 5.56 Å². The summed E-state index contributed by atoms with van der Waals surface area (Å²) in [6.45, 7) is 0. The Kier molecular flexibility index (Phi) is 4.15. The Balaban J connectivity index is 2.63. The number of hydrogen-bond acceptors (Lipinski definition) is 3. The van der Waals surface area contributed by atoms with E-state index in [9.17, 15) is 4.79 Å². The Morgan fingerprint density at radius 1 is 1.53 bits per heavy atom. The molecule has 4 N–H and O–H groups in total. The average Bonchev–Trinajstić information content (AvgIpc) is 2.25. The van der Waals surface area contributed by atoms with Crippen molar-refractivity contribution in [3.63, 3.8) is 0 Å². The first-order valence-corrected chi connectivity index (χ1v) is 4.49. The van der Waals surface area contributed by atoms with Crippen LogP contribution in [0.25, 0.3) is 0 Å². The maximum Gasteiger partial charge on any atom is 0.328 e. The fourth-order valence-corrected chi connectivity index (χ4v) is 1.17. The fourth-order valence-electron chi connectivity index (χ4n) is 1.17. The lowest BCUT2D eigenvalue weighted by atomic mass is 10.1. The van der Waals surface area contributed by atoms with Gasteiger partial charge in [-0.15, -0.1) is 0 Å². The van der Waals surface area contributed by atoms with E-state index >= 15 is 0 Å². The number of carbonyl (C=O) groups is 1. The summed E-state index contributed by atoms with van der Waals surface area (Å²) in [5.41, 5.74) is 8.42. The van der Waals surface area contributed by atoms with Crippen molar-refractivity contribution in [2.24, 2.45) is 10.8 Å². The van der Waals surface area contributed by atoms with Crippen LogP contribution < -0.4 is 11.2 Å². The Labute approximate surface area is 87.6 Å². The van der Waals surface area contributed by atoms with E-state index in [1.807, 2.05) is 30.3 Å². The molecule has 0 aliphatic carbocycles. The van der Waals surface area contributed by atoms with Gasteiger partial charge < -0.3 is 10.8 Å². The molecule has 0 aliphatic heterocycles. The zero-order valence-corrected chi connectivity index (χ0v) is 8.13. The summed E-state index contributed by atoms with van der Waals surface area (Å²) in [6.07, 6.45) is 1.40. The van der Waals surface area contributed by atoms with Gasteiger partial charge in [0.2, 0.25) is 0 Å². The van der Waals surface area contributed by atoms with Crippen molar-refractivity contribution < 1.29 is 9.90 Å². The van der Waals surface area contributed by atoms with Gasteiger partial charge in [-0.25, -0.2) is 4.79 Å². The maximum atomic E-state index is 10.8. The summed E-state index contributed by atoms with van der Waals surface area (Å²) < 4.78 is 0. The third-order valence-electron chi connectivity index (χ3n) is 1.89. The molecule has 1 rings (SSSR count). The van der Waals surface area contributed by atoms with Crippen molar-refractivity contribution in [3.05, 3.63) is 35.9 Å². The van der Waals surface area contributed by atoms with Gasteiger partial charge in [0, 0.05) is 6.42 Å². The molecule has 0 radical (unpaired) electrons. The molecule has 0 amide bonds. The van der Waals surface area contributed by atoms with Crippen molar-refractivity contribution in [2.75, 3.05) is 0 Å². The lowest BCUT2D eigenvalue weighted by Crippen LogP contribution is -2.35. The maximum absolute atomic E-state index is 10.8. The monoisotopic (exact) mass is 207 g/mol. The number of nitrogens with two attached hydrogens (primary N) is 1. The highest BCUT2D eigenvalue weighted by molar-refractivity contribution is 5.74. The second-order valence-electron chi connectivity index (χ2n) is 2.99. The number of nitrogens with one attached hydrogen (secondary N) is 1. The summed E-state index contributed by atoms with van der Waals surface area (Å²) in [5.74, 6) is -0.954. The SMILES string of the molecule is NC=NN[C@@H](Cc1ccccc1)C(=O)O. The first-order valence-electron chi connectivity index (χ1n) is 4.49. The van der Waals surface area contributed by atoms with Gasteiger partial charge in [0.1, 0.15) is 12.4 Å². The van der Waals surface area contributed by atoms with Gasteiger partial charge in [0.25, 0.3) is 0 Å². The summed E-state index contributed by atoms with van der Waals surface area (Å²) in [4.78, 5) is 10.8. The number of aliphatic carboxylic acids is 1. The number of carboxylic acids is 1. The normalized spacial score (nSPS) is 12.5. The molecule has 5 heteroatoms. The lowest BCUT2D eigenvalue weighted by molar-refractivity contribution is -0.139. The molecule has 1 aromatic rings. The highest BCUT2D eigenvalue weighted by Crippen LogP contribution is 2.03. The van der Waals surface area contributed by atoms with Gasteiger partial charge in [-0.05, 0) is 5.56 Å². The molecule has 0 saturated carbocycles. The lowest BCUT2D eigenvalue weighted by Gasteiger charge is -2.11. The molecular weight excluding hydrogens is 194 g/mol. The van der Waals surface area contributed by atoms with Crippen molar-refractivity contribution in [2.45, 2.75) is 12.5 Å². The summed E-state index contributed by atoms with van der Waals surface area (Å²) in [5, 5.41) is 12.4. The van der Waals surface area contributed by atoms with E-state index in [1.165, 1.54) is 0 Å². The molecule has 1 atom stereocenters. The van der Waals surface area contributed by atoms with Crippen LogP contribution >= 0.6 is 0 Å². The number of rotatable bonds is 5. The number of nitrogens with zero attached hydrogens (tertiary/aromatic N) is 1. The number of hydrazone groups is 1. The third-order valence-corrected chi connectivity index (χ3v) is 1.89. The second-order valence-corrected chi connectivity index (χ2v) is 2.99. The van der Waals surface area contributed by atoms with Crippen molar-refractivity contribution in [1.82, 2.24) is 5.43 Å². The Morgan fingerprint density at radius 3 is 2.73 bits per heavy atom. The van der Waals surface area contributed by atoms with Crippen molar-refractivity contribution in [1.29, 1.82) is 0 Å². The second kappa shape index (κ2) is 5.64. The molecule has 0 aromatic heterocycles. The van der Waals surface area contributed by atoms with Crippen molar-refractivity contribution >= 4 is 12.3 Å². The van der Waals surface area contributed by atoms with E-state index in [2.05, 4.69) is 10.5 Å². The molecular formula is C10H13N3O2. The minimum Gasteiger partial charge on any atom is -0.480 e. The summed E-state index contributed by atoms with van der Waals surface area (Å²) in [6, 6.07) is 8.58. The van der Waals surface area contributed by atoms with Crippen LogP contribution in [-0.2, 0) is 11.2 Å². The van der Waals surface area contributed by atoms with Crippen LogP contribution in [0.4, 0.5) is 0 Å². The number of benzene rings is 1. The molecule has 1 aromatic carbocycles. The zero-order valence-electron chi connectivity index (χ0n) is 8.13. The standard InChI is InChI=1S/C10H13N3O2/c11-7-12-13-9(10(14)15)6-8-4-2-1-3-5-8/h1-5,7,9,13H,6H2,(H2,11,12)(H,14,15)/t9-/m0/s1. The van der Waals surface area contributed by atoms with Crippen molar-refractivity contribution in [3.8, 4) is 0 Å². The first-order chi connectivity index (χ1) is 7.24. The molecule has 0 aliphatic rings. The molecule has 0 saturated heterocycles. The number of hydrogen-bond donors (Lipinski definition) is 3. The van der Waals surface area contributed by atoms with Crippen LogP contribution in [0, 0.1) is 0 Å². The predicted molar refractivity (Wildman–Crippen MR) is 57.4 cm³/mol. The first kappa shape index (κ1) is 11.0. The predicted octanol–water partition coefficient (Wildman–Crippen LogP) is 0.174. The Bertz CT molecular complexity index is 338. The minimum atomic E-state index is -0.954. The van der Waals surface area contributed by atoms with E-state index in [0.717, 1.165) is 11.9 Å². The van der Waals surface area contributed by atoms with Crippen LogP contribution in [0.5, 0.6) is 0 Å². The Hall–Kier alpha value is -2.04. The van der Waals surface area contributed by atoms with Gasteiger partial charge in [-0.3, -0.25) is 5.43 Å². The van der Waals surface area contributed by atoms with Gasteiger partial charge in [0.05, 0.1) is 0 Å². The van der Waals surface area contributed by atoms with Gasteiger partial charge in [0.15, 0.2) is 0 Å². The van der Waals surface area contributed by atoms with Crippen LogP contribution in [-0.4, -0.2) is 23.5 Å². The average molecular weight is 207 g/mol. The quantitative estimate of drug-likeness (QED) is 0.365. The van der Waals surface area contributed by atoms with E-state index in [-0.39, 0.29) is 0 Å². The van der Waals surface area contributed by atoms with Crippen LogP contribution in [0.2, 0.25) is 0 Å². The van der Waals surface area contributed by atoms with E-state index in [4.69, 9.17) is 10.8 Å². The van der Waals surface area contributed by atoms with E-state index < -0.39 is 12.0 Å². The zero-order chi connectivity index (χ0) is 11.1. The molecule has 0 fully saturated rings. The van der Waals surface area contributed by atoms with Gasteiger partial charge in [-0.2, -0.15) is 5.10 Å². The number of carboxylic acid groups (broad SMARTS) is 1. The highest BCUT2D eigenvalue weighted by Gasteiger charge is 2.16. The van der Waals surface area contributed by atoms with Gasteiger partial charge >= 0.3 is 5.97 Å². The molecule has 5 nitrogen and oxygen atoms in total. The van der Waals surface area contributed by atoms with E-state index in [0.29, 0.717) is 6.42 Å². The van der Waals surface area contributed by atoms with E-state index in [1.54, 1.807) is 0 Å². The Morgan fingerprint density at radius 2 is 2.20 bits per heavy atom. The third kappa shape index (κ3) is 3.68. The molecule has 0 heterocycles. The molecule has 80 valence electrons. The highest BCUT2D eigenvalue weighted by atomic mass is 16.4. The summed E-state index contributed by atoms with van der Waals surface area (Å²) in [7, 11) is 0. The van der Waals surface area contributed by atoms with Crippen LogP contribution in [0.15, 0.2) is 35.4 Å². The summed E-state index contributed by atoms with van der Waals surface area (Å²) >= 11 is 0. The molecule has 0 unspecified atom stereocenters. The molecule has 0 spiro atoms. The molecule has 15 heavy (non-hydrogen) atoms. The smallest absolute Gasteiger partial charge is 0.328 e. The minimum absolute atomic E-state index is 0.369. The largest absolute Gasteiger partial charge is 0.480 e. The topological polar surface area (TPSA) is 87.7 Å². The van der Waals surface area contributed by atoms with Gasteiger partial charge in [-0.1, -0.05) is 30.3 Å². The fraction of sp³-hybridized carbons (Fsp3) is 0.200. The molecule has 0 bridgehead atoms.